The van der Waals surface area contributed by atoms with Gasteiger partial charge < -0.3 is 4.74 Å². The first kappa shape index (κ1) is 19.9. The molecule has 5 nitrogen and oxygen atoms in total. The fourth-order valence-electron chi connectivity index (χ4n) is 1.29. The molecule has 1 rings (SSSR count). The molecule has 1 unspecified atom stereocenters. The molecule has 0 aliphatic carbocycles. The van der Waals surface area contributed by atoms with Crippen molar-refractivity contribution in [2.45, 2.75) is 17.5 Å². The Morgan fingerprint density at radius 1 is 1.17 bits per heavy atom. The van der Waals surface area contributed by atoms with Crippen molar-refractivity contribution in [2.24, 2.45) is 0 Å². The van der Waals surface area contributed by atoms with Crippen LogP contribution < -0.4 is 0 Å². The van der Waals surface area contributed by atoms with Crippen LogP contribution in [0.4, 0.5) is 22.0 Å². The first-order chi connectivity index (χ1) is 10.2. The molecule has 130 valence electrons. The van der Waals surface area contributed by atoms with Gasteiger partial charge in [-0.05, 0) is 18.2 Å². The zero-order valence-electron chi connectivity index (χ0n) is 10.4. The number of esters is 1. The highest BCUT2D eigenvalue weighted by Crippen LogP contribution is 2.38. The SMILES string of the molecule is O=C(OC(C(F)(F)F)C(F)(F)S(=O)(=O)O)c1ccc(Cl)cc1Cl. The summed E-state index contributed by atoms with van der Waals surface area (Å²) in [6, 6.07) is 2.71. The maximum Gasteiger partial charge on any atom is 0.432 e. The Labute approximate surface area is 135 Å². The van der Waals surface area contributed by atoms with Gasteiger partial charge in [-0.15, -0.1) is 0 Å². The molecular formula is C10H5Cl2F5O5S. The molecule has 0 amide bonds. The van der Waals surface area contributed by atoms with Crippen molar-refractivity contribution < 1.29 is 44.5 Å². The summed E-state index contributed by atoms with van der Waals surface area (Å²) < 4.78 is 96.9. The maximum absolute atomic E-state index is 13.2. The molecule has 0 heterocycles. The Bertz CT molecular complexity index is 719. The van der Waals surface area contributed by atoms with Gasteiger partial charge in [0.15, 0.2) is 0 Å². The zero-order chi connectivity index (χ0) is 18.2. The van der Waals surface area contributed by atoms with Crippen molar-refractivity contribution >= 4 is 39.3 Å². The highest BCUT2D eigenvalue weighted by atomic mass is 35.5. The second-order valence-electron chi connectivity index (χ2n) is 3.99. The number of alkyl halides is 5. The van der Waals surface area contributed by atoms with Crippen molar-refractivity contribution in [1.82, 2.24) is 0 Å². The van der Waals surface area contributed by atoms with Crippen molar-refractivity contribution in [3.05, 3.63) is 33.8 Å². The molecule has 0 radical (unpaired) electrons. The highest BCUT2D eigenvalue weighted by Gasteiger charge is 2.66. The molecule has 1 aromatic rings. The minimum atomic E-state index is -6.51. The Balaban J connectivity index is 3.25. The first-order valence-corrected chi connectivity index (χ1v) is 7.45. The topological polar surface area (TPSA) is 80.7 Å². The predicted octanol–water partition coefficient (Wildman–Crippen LogP) is 3.56. The summed E-state index contributed by atoms with van der Waals surface area (Å²) in [4.78, 5) is 11.5. The molecule has 0 saturated heterocycles. The van der Waals surface area contributed by atoms with Crippen molar-refractivity contribution in [2.75, 3.05) is 0 Å². The monoisotopic (exact) mass is 402 g/mol. The van der Waals surface area contributed by atoms with Crippen LogP contribution in [0.15, 0.2) is 18.2 Å². The molecule has 1 atom stereocenters. The highest BCUT2D eigenvalue weighted by molar-refractivity contribution is 7.86. The van der Waals surface area contributed by atoms with E-state index < -0.39 is 44.2 Å². The average Bonchev–Trinajstić information content (AvgIpc) is 2.32. The summed E-state index contributed by atoms with van der Waals surface area (Å²) in [7, 11) is -6.51. The van der Waals surface area contributed by atoms with Crippen LogP contribution in [0.5, 0.6) is 0 Å². The van der Waals surface area contributed by atoms with E-state index in [0.717, 1.165) is 18.2 Å². The normalized spacial score (nSPS) is 14.4. The van der Waals surface area contributed by atoms with Crippen LogP contribution in [0, 0.1) is 0 Å². The predicted molar refractivity (Wildman–Crippen MR) is 68.2 cm³/mol. The van der Waals surface area contributed by atoms with E-state index in [1.54, 1.807) is 0 Å². The molecule has 1 aromatic carbocycles. The van der Waals surface area contributed by atoms with Gasteiger partial charge in [0.1, 0.15) is 0 Å². The second-order valence-corrected chi connectivity index (χ2v) is 6.33. The van der Waals surface area contributed by atoms with Crippen LogP contribution in [0.25, 0.3) is 0 Å². The van der Waals surface area contributed by atoms with Gasteiger partial charge in [-0.3, -0.25) is 4.55 Å². The lowest BCUT2D eigenvalue weighted by Crippen LogP contribution is -2.52. The van der Waals surface area contributed by atoms with E-state index in [1.807, 2.05) is 0 Å². The Hall–Kier alpha value is -1.17. The molecule has 13 heteroatoms. The fraction of sp³-hybridized carbons (Fsp3) is 0.300. The number of carbonyl (C=O) groups excluding carboxylic acids is 1. The number of hydrogen-bond donors (Lipinski definition) is 1. The second kappa shape index (κ2) is 6.38. The number of benzene rings is 1. The third-order valence-corrected chi connectivity index (χ3v) is 3.77. The average molecular weight is 403 g/mol. The maximum atomic E-state index is 13.2. The van der Waals surface area contributed by atoms with Crippen LogP contribution in [0.2, 0.25) is 10.0 Å². The van der Waals surface area contributed by atoms with Crippen LogP contribution in [-0.2, 0) is 14.9 Å². The van der Waals surface area contributed by atoms with Crippen LogP contribution in [0.3, 0.4) is 0 Å². The van der Waals surface area contributed by atoms with Crippen molar-refractivity contribution in [3.63, 3.8) is 0 Å². The lowest BCUT2D eigenvalue weighted by molar-refractivity contribution is -0.248. The summed E-state index contributed by atoms with van der Waals surface area (Å²) in [5, 5.41) is -6.35. The molecule has 0 aliphatic rings. The minimum Gasteiger partial charge on any atom is -0.441 e. The van der Waals surface area contributed by atoms with Gasteiger partial charge in [-0.2, -0.15) is 30.4 Å². The van der Waals surface area contributed by atoms with Gasteiger partial charge in [0.25, 0.3) is 6.10 Å². The minimum absolute atomic E-state index is 0.0119. The molecule has 0 aromatic heterocycles. The van der Waals surface area contributed by atoms with E-state index >= 15 is 0 Å². The standard InChI is InChI=1S/C10H5Cl2F5O5S/c11-4-1-2-5(6(12)3-4)7(18)22-8(9(13,14)15)10(16,17)23(19,20)21/h1-3,8H,(H,19,20,21). The summed E-state index contributed by atoms with van der Waals surface area (Å²) in [5.74, 6) is -1.99. The van der Waals surface area contributed by atoms with Gasteiger partial charge in [-0.25, -0.2) is 4.79 Å². The van der Waals surface area contributed by atoms with Crippen molar-refractivity contribution in [1.29, 1.82) is 0 Å². The molecule has 0 fully saturated rings. The summed E-state index contributed by atoms with van der Waals surface area (Å²) >= 11 is 11.0. The number of carbonyl (C=O) groups is 1. The van der Waals surface area contributed by atoms with E-state index in [4.69, 9.17) is 27.8 Å². The molecule has 0 bridgehead atoms. The Morgan fingerprint density at radius 2 is 1.70 bits per heavy atom. The molecule has 0 spiro atoms. The van der Waals surface area contributed by atoms with Crippen LogP contribution >= 0.6 is 23.2 Å². The van der Waals surface area contributed by atoms with Crippen LogP contribution in [0.1, 0.15) is 10.4 Å². The lowest BCUT2D eigenvalue weighted by Gasteiger charge is -2.26. The van der Waals surface area contributed by atoms with E-state index in [2.05, 4.69) is 4.74 Å². The largest absolute Gasteiger partial charge is 0.441 e. The third kappa shape index (κ3) is 4.43. The molecular weight excluding hydrogens is 398 g/mol. The Kier molecular flexibility index (Phi) is 5.51. The number of hydrogen-bond acceptors (Lipinski definition) is 4. The van der Waals surface area contributed by atoms with Gasteiger partial charge in [0, 0.05) is 5.02 Å². The van der Waals surface area contributed by atoms with E-state index in [9.17, 15) is 35.2 Å². The summed E-state index contributed by atoms with van der Waals surface area (Å²) in [5.41, 5.74) is -0.767. The van der Waals surface area contributed by atoms with E-state index in [1.165, 1.54) is 0 Å². The molecule has 0 aliphatic heterocycles. The van der Waals surface area contributed by atoms with Crippen molar-refractivity contribution in [3.8, 4) is 0 Å². The van der Waals surface area contributed by atoms with Gasteiger partial charge >= 0.3 is 27.5 Å². The van der Waals surface area contributed by atoms with Gasteiger partial charge in [0.2, 0.25) is 0 Å². The van der Waals surface area contributed by atoms with Crippen LogP contribution in [-0.4, -0.2) is 36.5 Å². The fourth-order valence-corrected chi connectivity index (χ4v) is 2.22. The van der Waals surface area contributed by atoms with E-state index in [-0.39, 0.29) is 5.02 Å². The molecule has 0 saturated carbocycles. The third-order valence-electron chi connectivity index (χ3n) is 2.32. The zero-order valence-corrected chi connectivity index (χ0v) is 12.8. The van der Waals surface area contributed by atoms with Gasteiger partial charge in [0.05, 0.1) is 10.6 Å². The number of ether oxygens (including phenoxy) is 1. The Morgan fingerprint density at radius 3 is 2.09 bits per heavy atom. The quantitative estimate of drug-likeness (QED) is 0.473. The first-order valence-electron chi connectivity index (χ1n) is 5.25. The summed E-state index contributed by atoms with van der Waals surface area (Å²) in [6.07, 6.45) is -10.4. The smallest absolute Gasteiger partial charge is 0.432 e. The molecule has 1 N–H and O–H groups in total. The van der Waals surface area contributed by atoms with E-state index in [0.29, 0.717) is 0 Å². The number of halogens is 7. The van der Waals surface area contributed by atoms with Gasteiger partial charge in [-0.1, -0.05) is 23.2 Å². The number of rotatable bonds is 4. The lowest BCUT2D eigenvalue weighted by atomic mass is 10.2. The molecule has 23 heavy (non-hydrogen) atoms. The summed E-state index contributed by atoms with van der Waals surface area (Å²) in [6.45, 7) is 0.